The van der Waals surface area contributed by atoms with Crippen LogP contribution in [0.2, 0.25) is 0 Å². The van der Waals surface area contributed by atoms with Crippen LogP contribution in [0.25, 0.3) is 16.9 Å². The van der Waals surface area contributed by atoms with Crippen molar-refractivity contribution in [2.75, 3.05) is 11.2 Å². The van der Waals surface area contributed by atoms with Gasteiger partial charge in [0, 0.05) is 17.3 Å². The van der Waals surface area contributed by atoms with Crippen LogP contribution in [0.4, 0.5) is 17.3 Å². The van der Waals surface area contributed by atoms with Gasteiger partial charge in [-0.05, 0) is 12.1 Å². The fourth-order valence-electron chi connectivity index (χ4n) is 2.83. The van der Waals surface area contributed by atoms with Crippen LogP contribution in [0.3, 0.4) is 0 Å². The van der Waals surface area contributed by atoms with Crippen molar-refractivity contribution in [3.63, 3.8) is 0 Å². The van der Waals surface area contributed by atoms with Gasteiger partial charge in [0.25, 0.3) is 0 Å². The Labute approximate surface area is 170 Å². The first kappa shape index (κ1) is 18.7. The second-order valence-electron chi connectivity index (χ2n) is 6.16. The number of rotatable bonds is 6. The molecular formula is C20H16N8O2. The average molecular weight is 400 g/mol. The Bertz CT molecular complexity index is 1210. The molecule has 10 nitrogen and oxygen atoms in total. The monoisotopic (exact) mass is 400 g/mol. The molecule has 0 atom stereocenters. The van der Waals surface area contributed by atoms with Gasteiger partial charge in [-0.3, -0.25) is 15.5 Å². The molecule has 0 fully saturated rings. The van der Waals surface area contributed by atoms with E-state index in [1.54, 1.807) is 4.68 Å². The van der Waals surface area contributed by atoms with E-state index < -0.39 is 10.6 Å². The number of nitro groups is 1. The summed E-state index contributed by atoms with van der Waals surface area (Å²) in [5.74, 6) is -0.338. The molecule has 3 N–H and O–H groups in total. The second kappa shape index (κ2) is 8.19. The van der Waals surface area contributed by atoms with Gasteiger partial charge >= 0.3 is 5.69 Å². The standard InChI is InChI=1S/C20H16N8O2/c21-19-18(28(29)30)20(23-13-22-19)25-24-11-15-12-27(16-9-5-2-6-10-16)26-17(15)14-7-3-1-4-8-14/h1-13H,(H3,21,22,23,25)/b24-11-. The third kappa shape index (κ3) is 3.83. The van der Waals surface area contributed by atoms with E-state index in [2.05, 4.69) is 25.6 Å². The van der Waals surface area contributed by atoms with Gasteiger partial charge in [0.2, 0.25) is 11.6 Å². The number of para-hydroxylation sites is 1. The van der Waals surface area contributed by atoms with E-state index >= 15 is 0 Å². The van der Waals surface area contributed by atoms with Crippen LogP contribution < -0.4 is 11.2 Å². The fourth-order valence-corrected chi connectivity index (χ4v) is 2.83. The molecule has 0 unspecified atom stereocenters. The lowest BCUT2D eigenvalue weighted by molar-refractivity contribution is -0.383. The largest absolute Gasteiger partial charge is 0.378 e. The summed E-state index contributed by atoms with van der Waals surface area (Å²) >= 11 is 0. The molecule has 148 valence electrons. The number of aromatic nitrogens is 4. The van der Waals surface area contributed by atoms with Gasteiger partial charge in [-0.15, -0.1) is 0 Å². The van der Waals surface area contributed by atoms with Crippen LogP contribution in [0.1, 0.15) is 5.56 Å². The maximum absolute atomic E-state index is 11.2. The highest BCUT2D eigenvalue weighted by atomic mass is 16.6. The van der Waals surface area contributed by atoms with Crippen molar-refractivity contribution >= 4 is 23.5 Å². The maximum Gasteiger partial charge on any atom is 0.354 e. The lowest BCUT2D eigenvalue weighted by Gasteiger charge is -2.02. The Morgan fingerprint density at radius 3 is 2.47 bits per heavy atom. The molecule has 0 saturated carbocycles. The van der Waals surface area contributed by atoms with Gasteiger partial charge < -0.3 is 5.73 Å². The van der Waals surface area contributed by atoms with Crippen molar-refractivity contribution in [2.24, 2.45) is 5.10 Å². The van der Waals surface area contributed by atoms with Gasteiger partial charge in [-0.1, -0.05) is 48.5 Å². The van der Waals surface area contributed by atoms with Crippen LogP contribution in [0.15, 0.2) is 78.3 Å². The Morgan fingerprint density at radius 2 is 1.77 bits per heavy atom. The van der Waals surface area contributed by atoms with E-state index in [0.717, 1.165) is 17.6 Å². The highest BCUT2D eigenvalue weighted by molar-refractivity contribution is 5.89. The number of nitrogens with zero attached hydrogens (tertiary/aromatic N) is 6. The minimum absolute atomic E-state index is 0.0968. The van der Waals surface area contributed by atoms with E-state index in [1.165, 1.54) is 6.21 Å². The number of hydrogen-bond donors (Lipinski definition) is 2. The SMILES string of the molecule is Nc1ncnc(N/N=C\c2cn(-c3ccccc3)nc2-c2ccccc2)c1[N+](=O)[O-]. The summed E-state index contributed by atoms with van der Waals surface area (Å²) < 4.78 is 1.74. The summed E-state index contributed by atoms with van der Waals surface area (Å²) in [6.07, 6.45) is 4.48. The van der Waals surface area contributed by atoms with Crippen molar-refractivity contribution in [2.45, 2.75) is 0 Å². The van der Waals surface area contributed by atoms with Gasteiger partial charge in [0.15, 0.2) is 0 Å². The van der Waals surface area contributed by atoms with Crippen molar-refractivity contribution < 1.29 is 4.92 Å². The molecule has 4 aromatic rings. The molecule has 0 aliphatic carbocycles. The maximum atomic E-state index is 11.2. The minimum Gasteiger partial charge on any atom is -0.378 e. The smallest absolute Gasteiger partial charge is 0.354 e. The van der Waals surface area contributed by atoms with E-state index in [4.69, 9.17) is 5.73 Å². The first-order chi connectivity index (χ1) is 14.6. The number of nitrogens with two attached hydrogens (primary N) is 1. The molecule has 0 saturated heterocycles. The summed E-state index contributed by atoms with van der Waals surface area (Å²) in [5.41, 5.74) is 10.9. The second-order valence-corrected chi connectivity index (χ2v) is 6.16. The van der Waals surface area contributed by atoms with E-state index in [0.29, 0.717) is 11.3 Å². The number of hydrazone groups is 1. The lowest BCUT2D eigenvalue weighted by Crippen LogP contribution is -2.04. The van der Waals surface area contributed by atoms with Crippen LogP contribution >= 0.6 is 0 Å². The van der Waals surface area contributed by atoms with E-state index in [9.17, 15) is 10.1 Å². The van der Waals surface area contributed by atoms with Crippen molar-refractivity contribution in [1.29, 1.82) is 0 Å². The average Bonchev–Trinajstić information content (AvgIpc) is 3.19. The molecule has 2 aromatic heterocycles. The molecular weight excluding hydrogens is 384 g/mol. The first-order valence-corrected chi connectivity index (χ1v) is 8.88. The Morgan fingerprint density at radius 1 is 1.07 bits per heavy atom. The summed E-state index contributed by atoms with van der Waals surface area (Å²) in [5, 5.41) is 20.0. The zero-order chi connectivity index (χ0) is 20.9. The van der Waals surface area contributed by atoms with E-state index in [1.807, 2.05) is 66.9 Å². The number of nitrogen functional groups attached to an aromatic ring is 1. The molecule has 2 aromatic carbocycles. The topological polar surface area (TPSA) is 137 Å². The van der Waals surface area contributed by atoms with Crippen LogP contribution in [-0.4, -0.2) is 30.9 Å². The number of anilines is 2. The zero-order valence-corrected chi connectivity index (χ0v) is 15.6. The number of nitrogens with one attached hydrogen (secondary N) is 1. The molecule has 10 heteroatoms. The summed E-state index contributed by atoms with van der Waals surface area (Å²) in [4.78, 5) is 18.0. The molecule has 4 rings (SSSR count). The third-order valence-corrected chi connectivity index (χ3v) is 4.22. The molecule has 0 aliphatic heterocycles. The molecule has 0 amide bonds. The van der Waals surface area contributed by atoms with Crippen LogP contribution in [0.5, 0.6) is 0 Å². The van der Waals surface area contributed by atoms with Crippen molar-refractivity contribution in [3.8, 4) is 16.9 Å². The van der Waals surface area contributed by atoms with Crippen LogP contribution in [0, 0.1) is 10.1 Å². The predicted molar refractivity (Wildman–Crippen MR) is 113 cm³/mol. The predicted octanol–water partition coefficient (Wildman–Crippen LogP) is 3.27. The van der Waals surface area contributed by atoms with E-state index in [-0.39, 0.29) is 11.6 Å². The summed E-state index contributed by atoms with van der Waals surface area (Å²) in [6, 6.07) is 19.3. The molecule has 30 heavy (non-hydrogen) atoms. The zero-order valence-electron chi connectivity index (χ0n) is 15.6. The quantitative estimate of drug-likeness (QED) is 0.288. The molecule has 0 aliphatic rings. The highest BCUT2D eigenvalue weighted by Gasteiger charge is 2.20. The molecule has 0 spiro atoms. The molecule has 2 heterocycles. The van der Waals surface area contributed by atoms with Gasteiger partial charge in [0.05, 0.1) is 16.8 Å². The number of benzene rings is 2. The Hall–Kier alpha value is -4.60. The molecule has 0 bridgehead atoms. The fraction of sp³-hybridized carbons (Fsp3) is 0. The Balaban J connectivity index is 1.69. The third-order valence-electron chi connectivity index (χ3n) is 4.22. The summed E-state index contributed by atoms with van der Waals surface area (Å²) in [6.45, 7) is 0. The lowest BCUT2D eigenvalue weighted by atomic mass is 10.1. The van der Waals surface area contributed by atoms with Crippen LogP contribution in [-0.2, 0) is 0 Å². The van der Waals surface area contributed by atoms with Crippen molar-refractivity contribution in [3.05, 3.63) is 88.9 Å². The van der Waals surface area contributed by atoms with Crippen molar-refractivity contribution in [1.82, 2.24) is 19.7 Å². The number of hydrogen-bond acceptors (Lipinski definition) is 8. The normalized spacial score (nSPS) is 10.9. The highest BCUT2D eigenvalue weighted by Crippen LogP contribution is 2.26. The first-order valence-electron chi connectivity index (χ1n) is 8.88. The van der Waals surface area contributed by atoms with Gasteiger partial charge in [0.1, 0.15) is 12.0 Å². The van der Waals surface area contributed by atoms with Gasteiger partial charge in [-0.25, -0.2) is 14.6 Å². The molecule has 0 radical (unpaired) electrons. The Kier molecular flexibility index (Phi) is 5.12. The summed E-state index contributed by atoms with van der Waals surface area (Å²) in [7, 11) is 0. The minimum atomic E-state index is -0.657. The van der Waals surface area contributed by atoms with Gasteiger partial charge in [-0.2, -0.15) is 10.2 Å².